The van der Waals surface area contributed by atoms with Gasteiger partial charge in [-0.2, -0.15) is 0 Å². The molecule has 2 heterocycles. The van der Waals surface area contributed by atoms with E-state index < -0.39 is 0 Å². The standard InChI is InChI=1S/C68H44N2O/c1-2-14-47(15-3-1)57-39-33-51(56-23-13-24-58-55-19-5-4-16-48(55)32-40-59(56)58)44-66(57)69(53-37-30-46(31-38-53)50-34-41-68-63(43-50)62-22-8-11-27-67(62)71-68)52-35-28-45(29-36-52)49-17-12-18-54(42-49)70-64-25-9-6-20-60(64)61-21-7-10-26-65(61)70/h1-44H. The van der Waals surface area contributed by atoms with Crippen molar-refractivity contribution in [2.24, 2.45) is 0 Å². The van der Waals surface area contributed by atoms with Crippen LogP contribution < -0.4 is 4.90 Å². The average Bonchev–Trinajstić information content (AvgIpc) is 3.99. The molecule has 0 saturated heterocycles. The van der Waals surface area contributed by atoms with Gasteiger partial charge in [-0.3, -0.25) is 0 Å². The molecule has 0 aliphatic rings. The van der Waals surface area contributed by atoms with Gasteiger partial charge in [0, 0.05) is 44.2 Å². The molecule has 0 fully saturated rings. The highest BCUT2D eigenvalue weighted by Crippen LogP contribution is 2.45. The van der Waals surface area contributed by atoms with Crippen molar-refractivity contribution in [3.8, 4) is 50.2 Å². The number of anilines is 3. The topological polar surface area (TPSA) is 21.3 Å². The van der Waals surface area contributed by atoms with Gasteiger partial charge < -0.3 is 13.9 Å². The van der Waals surface area contributed by atoms with Gasteiger partial charge in [0.2, 0.25) is 0 Å². The van der Waals surface area contributed by atoms with Crippen molar-refractivity contribution in [3.63, 3.8) is 0 Å². The van der Waals surface area contributed by atoms with Gasteiger partial charge in [-0.25, -0.2) is 0 Å². The summed E-state index contributed by atoms with van der Waals surface area (Å²) in [6.45, 7) is 0. The van der Waals surface area contributed by atoms with Gasteiger partial charge >= 0.3 is 0 Å². The molecule has 0 radical (unpaired) electrons. The molecule has 0 aliphatic carbocycles. The van der Waals surface area contributed by atoms with Crippen molar-refractivity contribution in [2.45, 2.75) is 0 Å². The molecule has 14 aromatic rings. The fourth-order valence-corrected chi connectivity index (χ4v) is 11.0. The number of fused-ring (bicyclic) bond motifs is 9. The Bertz CT molecular complexity index is 4280. The first-order valence-electron chi connectivity index (χ1n) is 24.3. The average molecular weight is 905 g/mol. The lowest BCUT2D eigenvalue weighted by molar-refractivity contribution is 0.669. The zero-order valence-electron chi connectivity index (χ0n) is 38.7. The minimum atomic E-state index is 0.896. The van der Waals surface area contributed by atoms with E-state index in [1.54, 1.807) is 0 Å². The van der Waals surface area contributed by atoms with Crippen LogP contribution in [0.1, 0.15) is 0 Å². The molecule has 2 aromatic heterocycles. The van der Waals surface area contributed by atoms with Crippen LogP contribution in [0.5, 0.6) is 0 Å². The summed E-state index contributed by atoms with van der Waals surface area (Å²) in [5.41, 5.74) is 17.8. The Morgan fingerprint density at radius 1 is 0.282 bits per heavy atom. The molecule has 0 N–H and O–H groups in total. The molecule has 0 atom stereocenters. The molecule has 3 nitrogen and oxygen atoms in total. The molecule has 0 amide bonds. The monoisotopic (exact) mass is 904 g/mol. The predicted molar refractivity (Wildman–Crippen MR) is 299 cm³/mol. The van der Waals surface area contributed by atoms with E-state index in [1.165, 1.54) is 48.9 Å². The molecule has 3 heteroatoms. The minimum absolute atomic E-state index is 0.896. The third-order valence-electron chi connectivity index (χ3n) is 14.4. The minimum Gasteiger partial charge on any atom is -0.456 e. The SMILES string of the molecule is c1ccc(-c2ccc(-c3cccc4c3ccc3ccccc34)cc2N(c2ccc(-c3cccc(-n4c5ccccc5c5ccccc54)c3)cc2)c2ccc(-c3ccc4oc5ccccc5c4c3)cc2)cc1. The van der Waals surface area contributed by atoms with Crippen molar-refractivity contribution in [1.29, 1.82) is 0 Å². The van der Waals surface area contributed by atoms with Crippen molar-refractivity contribution in [1.82, 2.24) is 4.57 Å². The normalized spacial score (nSPS) is 11.7. The summed E-state index contributed by atoms with van der Waals surface area (Å²) in [6.07, 6.45) is 0. The molecular weight excluding hydrogens is 861 g/mol. The number of rotatable bonds is 8. The van der Waals surface area contributed by atoms with Crippen molar-refractivity contribution in [3.05, 3.63) is 267 Å². The quantitative estimate of drug-likeness (QED) is 0.142. The van der Waals surface area contributed by atoms with E-state index in [9.17, 15) is 0 Å². The van der Waals surface area contributed by atoms with Crippen LogP contribution in [0.4, 0.5) is 17.1 Å². The fourth-order valence-electron chi connectivity index (χ4n) is 11.0. The maximum atomic E-state index is 6.21. The summed E-state index contributed by atoms with van der Waals surface area (Å²) in [5, 5.41) is 9.74. The number of para-hydroxylation sites is 3. The Kier molecular flexibility index (Phi) is 9.53. The summed E-state index contributed by atoms with van der Waals surface area (Å²) in [7, 11) is 0. The first-order valence-corrected chi connectivity index (χ1v) is 24.3. The Hall–Kier alpha value is -9.44. The molecule has 12 aromatic carbocycles. The van der Waals surface area contributed by atoms with Crippen LogP contribution in [0.2, 0.25) is 0 Å². The van der Waals surface area contributed by atoms with Gasteiger partial charge in [0.15, 0.2) is 0 Å². The van der Waals surface area contributed by atoms with Crippen molar-refractivity contribution in [2.75, 3.05) is 4.90 Å². The largest absolute Gasteiger partial charge is 0.456 e. The maximum Gasteiger partial charge on any atom is 0.135 e. The number of hydrogen-bond donors (Lipinski definition) is 0. The van der Waals surface area contributed by atoms with Crippen LogP contribution in [-0.2, 0) is 0 Å². The lowest BCUT2D eigenvalue weighted by Gasteiger charge is -2.29. The molecule has 332 valence electrons. The highest BCUT2D eigenvalue weighted by molar-refractivity contribution is 6.13. The van der Waals surface area contributed by atoms with Gasteiger partial charge in [0.05, 0.1) is 16.7 Å². The number of nitrogens with zero attached hydrogens (tertiary/aromatic N) is 2. The van der Waals surface area contributed by atoms with Gasteiger partial charge in [-0.05, 0) is 133 Å². The smallest absolute Gasteiger partial charge is 0.135 e. The van der Waals surface area contributed by atoms with E-state index in [-0.39, 0.29) is 0 Å². The van der Waals surface area contributed by atoms with Crippen LogP contribution in [0.15, 0.2) is 271 Å². The van der Waals surface area contributed by atoms with E-state index in [4.69, 9.17) is 4.42 Å². The van der Waals surface area contributed by atoms with Crippen molar-refractivity contribution >= 4 is 82.4 Å². The Morgan fingerprint density at radius 3 is 1.59 bits per heavy atom. The summed E-state index contributed by atoms with van der Waals surface area (Å²) < 4.78 is 8.59. The highest BCUT2D eigenvalue weighted by Gasteiger charge is 2.21. The van der Waals surface area contributed by atoms with Crippen LogP contribution >= 0.6 is 0 Å². The summed E-state index contributed by atoms with van der Waals surface area (Å²) in [4.78, 5) is 2.43. The number of furan rings is 1. The number of hydrogen-bond acceptors (Lipinski definition) is 2. The first-order chi connectivity index (χ1) is 35.2. The molecule has 0 spiro atoms. The lowest BCUT2D eigenvalue weighted by Crippen LogP contribution is -2.11. The zero-order chi connectivity index (χ0) is 46.8. The summed E-state index contributed by atoms with van der Waals surface area (Å²) in [5.74, 6) is 0. The Morgan fingerprint density at radius 2 is 0.845 bits per heavy atom. The fraction of sp³-hybridized carbons (Fsp3) is 0. The maximum absolute atomic E-state index is 6.21. The first kappa shape index (κ1) is 40.6. The number of aromatic nitrogens is 1. The second-order valence-electron chi connectivity index (χ2n) is 18.4. The zero-order valence-corrected chi connectivity index (χ0v) is 38.7. The van der Waals surface area contributed by atoms with Crippen molar-refractivity contribution < 1.29 is 4.42 Å². The molecule has 14 rings (SSSR count). The van der Waals surface area contributed by atoms with Gasteiger partial charge in [-0.15, -0.1) is 0 Å². The number of benzene rings is 12. The Balaban J connectivity index is 0.925. The Labute approximate surface area is 411 Å². The lowest BCUT2D eigenvalue weighted by atomic mass is 9.92. The van der Waals surface area contributed by atoms with E-state index in [0.29, 0.717) is 0 Å². The van der Waals surface area contributed by atoms with Crippen LogP contribution in [0.3, 0.4) is 0 Å². The second kappa shape index (κ2) is 16.7. The van der Waals surface area contributed by atoms with Gasteiger partial charge in [0.25, 0.3) is 0 Å². The van der Waals surface area contributed by atoms with E-state index in [1.807, 2.05) is 12.1 Å². The summed E-state index contributed by atoms with van der Waals surface area (Å²) in [6, 6.07) is 97.0. The van der Waals surface area contributed by atoms with Crippen LogP contribution in [0, 0.1) is 0 Å². The third-order valence-corrected chi connectivity index (χ3v) is 14.4. The van der Waals surface area contributed by atoms with E-state index in [0.717, 1.165) is 83.6 Å². The second-order valence-corrected chi connectivity index (χ2v) is 18.4. The highest BCUT2D eigenvalue weighted by atomic mass is 16.3. The third kappa shape index (κ3) is 6.89. The van der Waals surface area contributed by atoms with E-state index in [2.05, 4.69) is 264 Å². The van der Waals surface area contributed by atoms with E-state index >= 15 is 0 Å². The summed E-state index contributed by atoms with van der Waals surface area (Å²) >= 11 is 0. The molecule has 0 aliphatic heterocycles. The molecule has 0 bridgehead atoms. The molecular formula is C68H44N2O. The molecule has 0 saturated carbocycles. The van der Waals surface area contributed by atoms with Crippen LogP contribution in [0.25, 0.3) is 115 Å². The molecule has 71 heavy (non-hydrogen) atoms. The van der Waals surface area contributed by atoms with Gasteiger partial charge in [0.1, 0.15) is 11.2 Å². The van der Waals surface area contributed by atoms with Crippen LogP contribution in [-0.4, -0.2) is 4.57 Å². The van der Waals surface area contributed by atoms with Gasteiger partial charge in [-0.1, -0.05) is 194 Å². The predicted octanol–water partition coefficient (Wildman–Crippen LogP) is 19.1. The molecule has 0 unspecified atom stereocenters.